The van der Waals surface area contributed by atoms with Crippen molar-refractivity contribution in [2.75, 3.05) is 5.73 Å². The highest BCUT2D eigenvalue weighted by Gasteiger charge is 2.31. The summed E-state index contributed by atoms with van der Waals surface area (Å²) in [6.07, 6.45) is -4.53. The third-order valence-electron chi connectivity index (χ3n) is 2.71. The molecule has 0 saturated carbocycles. The lowest BCUT2D eigenvalue weighted by atomic mass is 10.00. The zero-order valence-corrected chi connectivity index (χ0v) is 10.0. The highest BCUT2D eigenvalue weighted by atomic mass is 19.4. The van der Waals surface area contributed by atoms with E-state index in [-0.39, 0.29) is 16.8 Å². The summed E-state index contributed by atoms with van der Waals surface area (Å²) in [4.78, 5) is 12.1. The van der Waals surface area contributed by atoms with E-state index in [1.807, 2.05) is 0 Å². The monoisotopic (exact) mass is 283 g/mol. The van der Waals surface area contributed by atoms with E-state index < -0.39 is 23.3 Å². The Morgan fingerprint density at radius 1 is 1.05 bits per heavy atom. The van der Waals surface area contributed by atoms with Gasteiger partial charge in [0.05, 0.1) is 5.56 Å². The van der Waals surface area contributed by atoms with E-state index in [0.29, 0.717) is 6.07 Å². The van der Waals surface area contributed by atoms with Gasteiger partial charge in [0, 0.05) is 16.8 Å². The van der Waals surface area contributed by atoms with E-state index in [4.69, 9.17) is 5.73 Å². The first-order valence-corrected chi connectivity index (χ1v) is 5.56. The van der Waals surface area contributed by atoms with Gasteiger partial charge in [-0.05, 0) is 30.3 Å². The van der Waals surface area contributed by atoms with Crippen LogP contribution in [0.3, 0.4) is 0 Å². The molecule has 2 N–H and O–H groups in total. The van der Waals surface area contributed by atoms with Crippen molar-refractivity contribution in [3.8, 4) is 0 Å². The van der Waals surface area contributed by atoms with Crippen molar-refractivity contribution in [2.45, 2.75) is 6.18 Å². The van der Waals surface area contributed by atoms with E-state index in [9.17, 15) is 22.4 Å². The molecule has 0 aromatic heterocycles. The average Bonchev–Trinajstić information content (AvgIpc) is 2.36. The summed E-state index contributed by atoms with van der Waals surface area (Å²) in [5.41, 5.74) is 4.17. The van der Waals surface area contributed by atoms with Crippen LogP contribution in [0.5, 0.6) is 0 Å². The van der Waals surface area contributed by atoms with E-state index >= 15 is 0 Å². The molecule has 0 aliphatic carbocycles. The molecule has 0 radical (unpaired) electrons. The third kappa shape index (κ3) is 2.79. The fourth-order valence-electron chi connectivity index (χ4n) is 1.73. The quantitative estimate of drug-likeness (QED) is 0.519. The van der Waals surface area contributed by atoms with Crippen LogP contribution in [0, 0.1) is 5.82 Å². The summed E-state index contributed by atoms with van der Waals surface area (Å²) in [7, 11) is 0. The van der Waals surface area contributed by atoms with Crippen LogP contribution in [0.4, 0.5) is 23.2 Å². The van der Waals surface area contributed by atoms with Gasteiger partial charge in [-0.2, -0.15) is 13.2 Å². The number of carbonyl (C=O) groups excluding carboxylic acids is 1. The first kappa shape index (κ1) is 14.0. The van der Waals surface area contributed by atoms with Crippen LogP contribution in [-0.4, -0.2) is 5.78 Å². The molecule has 0 saturated heterocycles. The fourth-order valence-corrected chi connectivity index (χ4v) is 1.73. The van der Waals surface area contributed by atoms with Crippen LogP contribution in [-0.2, 0) is 6.18 Å². The number of nitrogen functional groups attached to an aromatic ring is 1. The van der Waals surface area contributed by atoms with Crippen molar-refractivity contribution in [3.05, 3.63) is 65.0 Å². The molecule has 104 valence electrons. The molecule has 0 atom stereocenters. The standard InChI is InChI=1S/C14H9F4NO/c15-10-3-1-2-8(6-10)13(20)11-5-4-9(7-12(11)19)14(16,17)18/h1-7H,19H2. The molecule has 6 heteroatoms. The Morgan fingerprint density at radius 2 is 1.75 bits per heavy atom. The minimum absolute atomic E-state index is 0.0245. The highest BCUT2D eigenvalue weighted by Crippen LogP contribution is 2.31. The maximum absolute atomic E-state index is 13.0. The first-order chi connectivity index (χ1) is 9.29. The smallest absolute Gasteiger partial charge is 0.398 e. The SMILES string of the molecule is Nc1cc(C(F)(F)F)ccc1C(=O)c1cccc(F)c1. The van der Waals surface area contributed by atoms with E-state index in [0.717, 1.165) is 24.3 Å². The van der Waals surface area contributed by atoms with Gasteiger partial charge in [-0.1, -0.05) is 12.1 Å². The number of ketones is 1. The van der Waals surface area contributed by atoms with Gasteiger partial charge in [0.2, 0.25) is 0 Å². The Labute approximate surface area is 111 Å². The minimum Gasteiger partial charge on any atom is -0.398 e. The van der Waals surface area contributed by atoms with Gasteiger partial charge in [-0.15, -0.1) is 0 Å². The Bertz CT molecular complexity index is 664. The van der Waals surface area contributed by atoms with Crippen molar-refractivity contribution in [1.82, 2.24) is 0 Å². The van der Waals surface area contributed by atoms with Gasteiger partial charge in [0.25, 0.3) is 0 Å². The number of alkyl halides is 3. The maximum Gasteiger partial charge on any atom is 0.416 e. The number of hydrogen-bond donors (Lipinski definition) is 1. The predicted octanol–water partition coefficient (Wildman–Crippen LogP) is 3.66. The average molecular weight is 283 g/mol. The summed E-state index contributed by atoms with van der Waals surface area (Å²) < 4.78 is 50.5. The van der Waals surface area contributed by atoms with E-state index in [1.165, 1.54) is 12.1 Å². The number of halogens is 4. The molecule has 20 heavy (non-hydrogen) atoms. The molecule has 0 aliphatic rings. The summed E-state index contributed by atoms with van der Waals surface area (Å²) >= 11 is 0. The van der Waals surface area contributed by atoms with Crippen molar-refractivity contribution >= 4 is 11.5 Å². The molecule has 0 spiro atoms. The third-order valence-corrected chi connectivity index (χ3v) is 2.71. The number of hydrogen-bond acceptors (Lipinski definition) is 2. The topological polar surface area (TPSA) is 43.1 Å². The Balaban J connectivity index is 2.41. The molecule has 0 unspecified atom stereocenters. The fraction of sp³-hybridized carbons (Fsp3) is 0.0714. The lowest BCUT2D eigenvalue weighted by Gasteiger charge is -2.10. The van der Waals surface area contributed by atoms with Gasteiger partial charge >= 0.3 is 6.18 Å². The predicted molar refractivity (Wildman–Crippen MR) is 65.7 cm³/mol. The molecule has 0 amide bonds. The molecule has 2 rings (SSSR count). The summed E-state index contributed by atoms with van der Waals surface area (Å²) in [5.74, 6) is -1.24. The first-order valence-electron chi connectivity index (χ1n) is 5.56. The number of benzene rings is 2. The number of rotatable bonds is 2. The normalized spacial score (nSPS) is 11.4. The van der Waals surface area contributed by atoms with E-state index in [1.54, 1.807) is 0 Å². The van der Waals surface area contributed by atoms with Crippen molar-refractivity contribution in [2.24, 2.45) is 0 Å². The van der Waals surface area contributed by atoms with Gasteiger partial charge in [-0.25, -0.2) is 4.39 Å². The van der Waals surface area contributed by atoms with Crippen molar-refractivity contribution in [1.29, 1.82) is 0 Å². The van der Waals surface area contributed by atoms with Crippen LogP contribution >= 0.6 is 0 Å². The van der Waals surface area contributed by atoms with Crippen molar-refractivity contribution in [3.63, 3.8) is 0 Å². The summed E-state index contributed by atoms with van der Waals surface area (Å²) in [6, 6.07) is 7.30. The van der Waals surface area contributed by atoms with Crippen LogP contribution in [0.25, 0.3) is 0 Å². The molecule has 2 aromatic rings. The van der Waals surface area contributed by atoms with Gasteiger partial charge in [0.1, 0.15) is 5.82 Å². The Hall–Kier alpha value is -2.37. The number of nitrogens with two attached hydrogens (primary N) is 1. The highest BCUT2D eigenvalue weighted by molar-refractivity contribution is 6.12. The van der Waals surface area contributed by atoms with Crippen molar-refractivity contribution < 1.29 is 22.4 Å². The largest absolute Gasteiger partial charge is 0.416 e. The molecule has 2 nitrogen and oxygen atoms in total. The second-order valence-electron chi connectivity index (χ2n) is 4.14. The van der Waals surface area contributed by atoms with Crippen LogP contribution in [0.1, 0.15) is 21.5 Å². The molecule has 0 fully saturated rings. The van der Waals surface area contributed by atoms with Crippen LogP contribution in [0.15, 0.2) is 42.5 Å². The lowest BCUT2D eigenvalue weighted by molar-refractivity contribution is -0.137. The minimum atomic E-state index is -4.53. The number of carbonyl (C=O) groups is 1. The zero-order chi connectivity index (χ0) is 14.9. The molecule has 0 bridgehead atoms. The summed E-state index contributed by atoms with van der Waals surface area (Å²) in [6.45, 7) is 0. The van der Waals surface area contributed by atoms with Gasteiger partial charge < -0.3 is 5.73 Å². The second-order valence-corrected chi connectivity index (χ2v) is 4.14. The second kappa shape index (κ2) is 4.96. The Kier molecular flexibility index (Phi) is 3.48. The van der Waals surface area contributed by atoms with Gasteiger partial charge in [0.15, 0.2) is 5.78 Å². The summed E-state index contributed by atoms with van der Waals surface area (Å²) in [5, 5.41) is 0. The molecule has 2 aromatic carbocycles. The zero-order valence-electron chi connectivity index (χ0n) is 10.0. The molecule has 0 heterocycles. The molecular weight excluding hydrogens is 274 g/mol. The van der Waals surface area contributed by atoms with Gasteiger partial charge in [-0.3, -0.25) is 4.79 Å². The van der Waals surface area contributed by atoms with Crippen LogP contribution in [0.2, 0.25) is 0 Å². The Morgan fingerprint density at radius 3 is 2.30 bits per heavy atom. The lowest BCUT2D eigenvalue weighted by Crippen LogP contribution is -2.10. The molecule has 0 aliphatic heterocycles. The van der Waals surface area contributed by atoms with E-state index in [2.05, 4.69) is 0 Å². The molecular formula is C14H9F4NO. The maximum atomic E-state index is 13.0. The van der Waals surface area contributed by atoms with Crippen LogP contribution < -0.4 is 5.73 Å². The number of anilines is 1.